The minimum absolute atomic E-state index is 0.138. The minimum Gasteiger partial charge on any atom is -0.378 e. The molecule has 0 unspecified atom stereocenters. The SMILES string of the molecule is O=C(NCC1CC1)[C@@H]1CCO[C@@H]2CCN(Cc3cccs3)C[C@H]21. The molecule has 0 spiro atoms. The maximum Gasteiger partial charge on any atom is 0.223 e. The predicted molar refractivity (Wildman–Crippen MR) is 91.3 cm³/mol. The van der Waals surface area contributed by atoms with Gasteiger partial charge in [0.2, 0.25) is 5.91 Å². The first kappa shape index (κ1) is 15.6. The van der Waals surface area contributed by atoms with Crippen molar-refractivity contribution in [3.8, 4) is 0 Å². The molecule has 1 aliphatic carbocycles. The van der Waals surface area contributed by atoms with Crippen LogP contribution in [0.1, 0.15) is 30.6 Å². The summed E-state index contributed by atoms with van der Waals surface area (Å²) in [5.41, 5.74) is 0. The number of fused-ring (bicyclic) bond motifs is 1. The number of carbonyl (C=O) groups excluding carboxylic acids is 1. The third-order valence-electron chi connectivity index (χ3n) is 5.51. The average molecular weight is 334 g/mol. The molecule has 1 saturated carbocycles. The van der Waals surface area contributed by atoms with E-state index in [1.807, 2.05) is 11.3 Å². The third kappa shape index (κ3) is 3.78. The van der Waals surface area contributed by atoms with Crippen molar-refractivity contribution in [3.05, 3.63) is 22.4 Å². The first-order valence-corrected chi connectivity index (χ1v) is 9.81. The zero-order valence-electron chi connectivity index (χ0n) is 13.6. The molecular formula is C18H26N2O2S. The van der Waals surface area contributed by atoms with Crippen LogP contribution in [-0.2, 0) is 16.1 Å². The standard InChI is InChI=1S/C18H26N2O2S/c21-18(19-10-13-3-4-13)15-6-8-22-17-5-7-20(12-16(15)17)11-14-2-1-9-23-14/h1-2,9,13,15-17H,3-8,10-12H2,(H,19,21)/t15-,16+,17-/m1/s1. The van der Waals surface area contributed by atoms with Gasteiger partial charge in [0.15, 0.2) is 0 Å². The number of rotatable bonds is 5. The lowest BCUT2D eigenvalue weighted by Crippen LogP contribution is -2.53. The molecule has 2 aliphatic heterocycles. The average Bonchev–Trinajstić information content (AvgIpc) is 3.27. The summed E-state index contributed by atoms with van der Waals surface area (Å²) in [6, 6.07) is 4.32. The zero-order valence-corrected chi connectivity index (χ0v) is 14.4. The predicted octanol–water partition coefficient (Wildman–Crippen LogP) is 2.50. The normalized spacial score (nSPS) is 31.6. The molecule has 3 aliphatic rings. The van der Waals surface area contributed by atoms with Gasteiger partial charge in [-0.25, -0.2) is 0 Å². The van der Waals surface area contributed by atoms with E-state index < -0.39 is 0 Å². The lowest BCUT2D eigenvalue weighted by atomic mass is 9.79. The van der Waals surface area contributed by atoms with E-state index in [-0.39, 0.29) is 17.9 Å². The lowest BCUT2D eigenvalue weighted by molar-refractivity contribution is -0.142. The number of nitrogens with zero attached hydrogens (tertiary/aromatic N) is 1. The van der Waals surface area contributed by atoms with Gasteiger partial charge in [-0.05, 0) is 43.0 Å². The van der Waals surface area contributed by atoms with Crippen LogP contribution < -0.4 is 5.32 Å². The van der Waals surface area contributed by atoms with Crippen LogP contribution in [0.4, 0.5) is 0 Å². The highest BCUT2D eigenvalue weighted by Crippen LogP contribution is 2.34. The number of thiophene rings is 1. The van der Waals surface area contributed by atoms with Gasteiger partial charge in [-0.3, -0.25) is 9.69 Å². The number of ether oxygens (including phenoxy) is 1. The summed E-state index contributed by atoms with van der Waals surface area (Å²) in [5, 5.41) is 5.34. The van der Waals surface area contributed by atoms with Gasteiger partial charge in [0, 0.05) is 49.5 Å². The molecule has 0 bridgehead atoms. The number of piperidine rings is 1. The molecule has 5 heteroatoms. The molecule has 0 radical (unpaired) electrons. The minimum atomic E-state index is 0.138. The fourth-order valence-electron chi connectivity index (χ4n) is 3.97. The highest BCUT2D eigenvalue weighted by molar-refractivity contribution is 7.09. The van der Waals surface area contributed by atoms with Crippen LogP contribution in [0.3, 0.4) is 0 Å². The number of hydrogen-bond acceptors (Lipinski definition) is 4. The summed E-state index contributed by atoms with van der Waals surface area (Å²) in [6.45, 7) is 4.71. The van der Waals surface area contributed by atoms with Gasteiger partial charge in [-0.2, -0.15) is 0 Å². The first-order valence-electron chi connectivity index (χ1n) is 8.93. The first-order chi connectivity index (χ1) is 11.3. The number of carbonyl (C=O) groups is 1. The van der Waals surface area contributed by atoms with Crippen LogP contribution in [-0.4, -0.2) is 43.2 Å². The highest BCUT2D eigenvalue weighted by atomic mass is 32.1. The Morgan fingerprint density at radius 1 is 1.35 bits per heavy atom. The summed E-state index contributed by atoms with van der Waals surface area (Å²) in [4.78, 5) is 16.5. The molecule has 1 amide bonds. The largest absolute Gasteiger partial charge is 0.378 e. The van der Waals surface area contributed by atoms with Crippen molar-refractivity contribution in [1.82, 2.24) is 10.2 Å². The Bertz CT molecular complexity index is 529. The molecular weight excluding hydrogens is 308 g/mol. The molecule has 4 rings (SSSR count). The van der Waals surface area contributed by atoms with Crippen LogP contribution in [0.5, 0.6) is 0 Å². The maximum absolute atomic E-state index is 12.6. The Morgan fingerprint density at radius 3 is 3.04 bits per heavy atom. The van der Waals surface area contributed by atoms with Gasteiger partial charge in [0.05, 0.1) is 6.10 Å². The summed E-state index contributed by atoms with van der Waals surface area (Å²) in [6.07, 6.45) is 4.79. The quantitative estimate of drug-likeness (QED) is 0.899. The van der Waals surface area contributed by atoms with Gasteiger partial charge in [0.1, 0.15) is 0 Å². The van der Waals surface area contributed by atoms with Crippen molar-refractivity contribution in [2.24, 2.45) is 17.8 Å². The van der Waals surface area contributed by atoms with E-state index in [1.165, 1.54) is 17.7 Å². The number of amides is 1. The second-order valence-corrected chi connectivity index (χ2v) is 8.29. The third-order valence-corrected chi connectivity index (χ3v) is 6.37. The van der Waals surface area contributed by atoms with E-state index in [9.17, 15) is 4.79 Å². The molecule has 3 heterocycles. The van der Waals surface area contributed by atoms with Gasteiger partial charge in [0.25, 0.3) is 0 Å². The topological polar surface area (TPSA) is 41.6 Å². The van der Waals surface area contributed by atoms with Crippen LogP contribution in [0.15, 0.2) is 17.5 Å². The molecule has 1 N–H and O–H groups in total. The van der Waals surface area contributed by atoms with Crippen molar-refractivity contribution in [2.45, 2.75) is 38.3 Å². The van der Waals surface area contributed by atoms with Crippen molar-refractivity contribution >= 4 is 17.2 Å². The lowest BCUT2D eigenvalue weighted by Gasteiger charge is -2.44. The fourth-order valence-corrected chi connectivity index (χ4v) is 4.72. The van der Waals surface area contributed by atoms with E-state index in [0.29, 0.717) is 5.92 Å². The molecule has 23 heavy (non-hydrogen) atoms. The molecule has 1 aromatic rings. The van der Waals surface area contributed by atoms with Crippen LogP contribution >= 0.6 is 11.3 Å². The van der Waals surface area contributed by atoms with Gasteiger partial charge in [-0.15, -0.1) is 11.3 Å². The molecule has 0 aromatic carbocycles. The summed E-state index contributed by atoms with van der Waals surface area (Å²) < 4.78 is 5.98. The van der Waals surface area contributed by atoms with Crippen LogP contribution in [0, 0.1) is 17.8 Å². The van der Waals surface area contributed by atoms with E-state index in [2.05, 4.69) is 27.7 Å². The van der Waals surface area contributed by atoms with E-state index >= 15 is 0 Å². The molecule has 126 valence electrons. The fraction of sp³-hybridized carbons (Fsp3) is 0.722. The van der Waals surface area contributed by atoms with Crippen LogP contribution in [0.2, 0.25) is 0 Å². The maximum atomic E-state index is 12.6. The Hall–Kier alpha value is -0.910. The zero-order chi connectivity index (χ0) is 15.6. The van der Waals surface area contributed by atoms with Crippen LogP contribution in [0.25, 0.3) is 0 Å². The number of nitrogens with one attached hydrogen (secondary N) is 1. The highest BCUT2D eigenvalue weighted by Gasteiger charge is 2.41. The summed E-state index contributed by atoms with van der Waals surface area (Å²) in [5.74, 6) is 1.51. The smallest absolute Gasteiger partial charge is 0.223 e. The summed E-state index contributed by atoms with van der Waals surface area (Å²) in [7, 11) is 0. The summed E-state index contributed by atoms with van der Waals surface area (Å²) >= 11 is 1.82. The van der Waals surface area contributed by atoms with Crippen molar-refractivity contribution in [2.75, 3.05) is 26.2 Å². The van der Waals surface area contributed by atoms with E-state index in [4.69, 9.17) is 4.74 Å². The Morgan fingerprint density at radius 2 is 2.26 bits per heavy atom. The van der Waals surface area contributed by atoms with Gasteiger partial charge in [-0.1, -0.05) is 6.07 Å². The molecule has 1 aromatic heterocycles. The second kappa shape index (κ2) is 6.91. The van der Waals surface area contributed by atoms with Gasteiger partial charge >= 0.3 is 0 Å². The van der Waals surface area contributed by atoms with Crippen molar-refractivity contribution < 1.29 is 9.53 Å². The molecule has 3 atom stereocenters. The van der Waals surface area contributed by atoms with Crippen molar-refractivity contribution in [1.29, 1.82) is 0 Å². The Kier molecular flexibility index (Phi) is 4.69. The Labute approximate surface area is 142 Å². The Balaban J connectivity index is 1.37. The van der Waals surface area contributed by atoms with Crippen molar-refractivity contribution in [3.63, 3.8) is 0 Å². The molecule has 4 nitrogen and oxygen atoms in total. The number of hydrogen-bond donors (Lipinski definition) is 1. The van der Waals surface area contributed by atoms with E-state index in [1.54, 1.807) is 0 Å². The number of likely N-dealkylation sites (tertiary alicyclic amines) is 1. The second-order valence-electron chi connectivity index (χ2n) is 7.26. The van der Waals surface area contributed by atoms with Gasteiger partial charge < -0.3 is 10.1 Å². The molecule has 3 fully saturated rings. The monoisotopic (exact) mass is 334 g/mol. The molecule has 2 saturated heterocycles. The van der Waals surface area contributed by atoms with E-state index in [0.717, 1.165) is 51.5 Å².